The lowest BCUT2D eigenvalue weighted by atomic mass is 10.1. The highest BCUT2D eigenvalue weighted by Crippen LogP contribution is 2.22. The Morgan fingerprint density at radius 2 is 1.45 bits per heavy atom. The predicted octanol–water partition coefficient (Wildman–Crippen LogP) is -1.43. The number of carbonyl (C=O) groups excluding carboxylic acids is 2. The molecule has 60 valence electrons. The van der Waals surface area contributed by atoms with Crippen LogP contribution in [0.5, 0.6) is 0 Å². The van der Waals surface area contributed by atoms with Crippen molar-refractivity contribution in [1.29, 1.82) is 0 Å². The molecular weight excluding hydrogens is 155 g/mol. The van der Waals surface area contributed by atoms with E-state index in [0.29, 0.717) is 0 Å². The summed E-state index contributed by atoms with van der Waals surface area (Å²) in [6, 6.07) is 0. The quantitative estimate of drug-likeness (QED) is 0.318. The summed E-state index contributed by atoms with van der Waals surface area (Å²) in [7, 11) is 0. The van der Waals surface area contributed by atoms with Gasteiger partial charge in [-0.3, -0.25) is 0 Å². The third kappa shape index (κ3) is 0.890. The fourth-order valence-corrected chi connectivity index (χ4v) is 0.952. The Morgan fingerprint density at radius 1 is 1.00 bits per heavy atom. The van der Waals surface area contributed by atoms with Crippen molar-refractivity contribution < 1.29 is 28.2 Å². The summed E-state index contributed by atoms with van der Waals surface area (Å²) in [5, 5.41) is 0. The lowest BCUT2D eigenvalue weighted by molar-refractivity contribution is -0.150. The standard InChI is InChI=1S/C4H4BO6/c6-3-4(7)11-5(10-3)8-1-2-9-5/h1-2H2/q-1. The molecule has 0 bridgehead atoms. The topological polar surface area (TPSA) is 71.1 Å². The highest BCUT2D eigenvalue weighted by molar-refractivity contribution is 6.66. The molecule has 0 unspecified atom stereocenters. The van der Waals surface area contributed by atoms with E-state index in [1.165, 1.54) is 0 Å². The molecule has 0 aromatic carbocycles. The molecule has 2 aliphatic heterocycles. The van der Waals surface area contributed by atoms with Crippen molar-refractivity contribution >= 4 is 18.9 Å². The van der Waals surface area contributed by atoms with Gasteiger partial charge in [-0.05, 0) is 0 Å². The van der Waals surface area contributed by atoms with E-state index < -0.39 is 18.9 Å². The second-order valence-electron chi connectivity index (χ2n) is 2.13. The van der Waals surface area contributed by atoms with Crippen molar-refractivity contribution in [3.63, 3.8) is 0 Å². The van der Waals surface area contributed by atoms with Crippen molar-refractivity contribution in [3.8, 4) is 0 Å². The Hall–Kier alpha value is -1.08. The van der Waals surface area contributed by atoms with Crippen molar-refractivity contribution in [2.45, 2.75) is 0 Å². The van der Waals surface area contributed by atoms with Gasteiger partial charge >= 0.3 is 18.9 Å². The molecule has 2 saturated heterocycles. The van der Waals surface area contributed by atoms with E-state index in [0.717, 1.165) is 0 Å². The van der Waals surface area contributed by atoms with Crippen LogP contribution in [0, 0.1) is 0 Å². The van der Waals surface area contributed by atoms with E-state index in [-0.39, 0.29) is 13.2 Å². The Bertz CT molecular complexity index is 201. The van der Waals surface area contributed by atoms with Gasteiger partial charge in [0, 0.05) is 13.2 Å². The van der Waals surface area contributed by atoms with Crippen molar-refractivity contribution in [2.24, 2.45) is 0 Å². The molecule has 0 amide bonds. The maximum atomic E-state index is 10.5. The van der Waals surface area contributed by atoms with E-state index in [4.69, 9.17) is 9.31 Å². The molecule has 11 heavy (non-hydrogen) atoms. The molecule has 0 radical (unpaired) electrons. The molecule has 2 rings (SSSR count). The van der Waals surface area contributed by atoms with Crippen molar-refractivity contribution in [2.75, 3.05) is 13.2 Å². The minimum absolute atomic E-state index is 0.264. The fourth-order valence-electron chi connectivity index (χ4n) is 0.952. The van der Waals surface area contributed by atoms with Crippen molar-refractivity contribution in [3.05, 3.63) is 0 Å². The van der Waals surface area contributed by atoms with Crippen LogP contribution in [0.3, 0.4) is 0 Å². The molecule has 2 aliphatic rings. The summed E-state index contributed by atoms with van der Waals surface area (Å²) in [4.78, 5) is 21.0. The normalized spacial score (nSPS) is 27.3. The molecule has 0 aromatic rings. The summed E-state index contributed by atoms with van der Waals surface area (Å²) in [6.45, 7) is -1.98. The summed E-state index contributed by atoms with van der Waals surface area (Å²) >= 11 is 0. The first-order valence-electron chi connectivity index (χ1n) is 3.09. The van der Waals surface area contributed by atoms with Gasteiger partial charge in [-0.2, -0.15) is 0 Å². The minimum Gasteiger partial charge on any atom is -0.599 e. The molecule has 2 heterocycles. The summed E-state index contributed by atoms with van der Waals surface area (Å²) in [5.41, 5.74) is 0. The predicted molar refractivity (Wildman–Crippen MR) is 29.8 cm³/mol. The van der Waals surface area contributed by atoms with Crippen molar-refractivity contribution in [1.82, 2.24) is 0 Å². The maximum absolute atomic E-state index is 10.5. The molecule has 0 atom stereocenters. The van der Waals surface area contributed by atoms with Crippen LogP contribution in [0.1, 0.15) is 0 Å². The fraction of sp³-hybridized carbons (Fsp3) is 0.500. The van der Waals surface area contributed by atoms with Crippen LogP contribution < -0.4 is 0 Å². The van der Waals surface area contributed by atoms with Gasteiger partial charge in [0.15, 0.2) is 0 Å². The molecule has 0 aromatic heterocycles. The minimum atomic E-state index is -2.51. The largest absolute Gasteiger partial charge is 0.657 e. The third-order valence-corrected chi connectivity index (χ3v) is 1.40. The SMILES string of the molecule is O=C1O[B-]2(OCCO2)OC1=O. The van der Waals surface area contributed by atoms with Gasteiger partial charge in [0.25, 0.3) is 0 Å². The second kappa shape index (κ2) is 1.96. The molecular formula is C4H4BO6-. The third-order valence-electron chi connectivity index (χ3n) is 1.40. The van der Waals surface area contributed by atoms with Crippen LogP contribution in [-0.4, -0.2) is 32.1 Å². The van der Waals surface area contributed by atoms with Crippen LogP contribution in [0.15, 0.2) is 0 Å². The van der Waals surface area contributed by atoms with Gasteiger partial charge in [0.2, 0.25) is 0 Å². The van der Waals surface area contributed by atoms with Crippen LogP contribution >= 0.6 is 0 Å². The van der Waals surface area contributed by atoms with Crippen LogP contribution in [-0.2, 0) is 28.2 Å². The number of rotatable bonds is 0. The first-order valence-corrected chi connectivity index (χ1v) is 3.09. The highest BCUT2D eigenvalue weighted by atomic mass is 16.9. The Morgan fingerprint density at radius 3 is 1.91 bits per heavy atom. The first-order chi connectivity index (χ1) is 5.22. The smallest absolute Gasteiger partial charge is 0.599 e. The summed E-state index contributed by atoms with van der Waals surface area (Å²) < 4.78 is 18.5. The lowest BCUT2D eigenvalue weighted by Crippen LogP contribution is -2.39. The van der Waals surface area contributed by atoms with Crippen LogP contribution in [0.25, 0.3) is 0 Å². The zero-order valence-electron chi connectivity index (χ0n) is 5.44. The summed E-state index contributed by atoms with van der Waals surface area (Å²) in [5.74, 6) is -2.13. The summed E-state index contributed by atoms with van der Waals surface area (Å²) in [6.07, 6.45) is 0. The molecule has 6 nitrogen and oxygen atoms in total. The van der Waals surface area contributed by atoms with E-state index >= 15 is 0 Å². The Labute approximate surface area is 61.4 Å². The molecule has 0 saturated carbocycles. The average molecular weight is 159 g/mol. The molecule has 0 aliphatic carbocycles. The van der Waals surface area contributed by atoms with Crippen LogP contribution in [0.2, 0.25) is 0 Å². The van der Waals surface area contributed by atoms with E-state index in [1.807, 2.05) is 0 Å². The van der Waals surface area contributed by atoms with E-state index in [2.05, 4.69) is 9.31 Å². The van der Waals surface area contributed by atoms with Gasteiger partial charge in [0.05, 0.1) is 0 Å². The highest BCUT2D eigenvalue weighted by Gasteiger charge is 2.51. The second-order valence-corrected chi connectivity index (χ2v) is 2.13. The van der Waals surface area contributed by atoms with Gasteiger partial charge < -0.3 is 18.6 Å². The van der Waals surface area contributed by atoms with Crippen LogP contribution in [0.4, 0.5) is 0 Å². The van der Waals surface area contributed by atoms with Gasteiger partial charge in [0.1, 0.15) is 0 Å². The van der Waals surface area contributed by atoms with Gasteiger partial charge in [-0.15, -0.1) is 0 Å². The monoisotopic (exact) mass is 159 g/mol. The average Bonchev–Trinajstić information content (AvgIpc) is 2.46. The molecule has 7 heteroatoms. The maximum Gasteiger partial charge on any atom is 0.657 e. The number of hydrogen-bond acceptors (Lipinski definition) is 6. The zero-order chi connectivity index (χ0) is 7.90. The number of hydrogen-bond donors (Lipinski definition) is 0. The van der Waals surface area contributed by atoms with Gasteiger partial charge in [-0.25, -0.2) is 9.59 Å². The Balaban J connectivity index is 2.18. The zero-order valence-corrected chi connectivity index (χ0v) is 5.44. The first kappa shape index (κ1) is 6.62. The molecule has 0 N–H and O–H groups in total. The van der Waals surface area contributed by atoms with E-state index in [9.17, 15) is 9.59 Å². The molecule has 2 fully saturated rings. The molecule has 1 spiro atoms. The lowest BCUT2D eigenvalue weighted by Gasteiger charge is -2.23. The van der Waals surface area contributed by atoms with E-state index in [1.54, 1.807) is 0 Å². The van der Waals surface area contributed by atoms with Gasteiger partial charge in [-0.1, -0.05) is 0 Å². The Kier molecular flexibility index (Phi) is 1.18. The number of carbonyl (C=O) groups is 2.